The molecule has 1 aliphatic carbocycles. The Balaban J connectivity index is 1.15. The van der Waals surface area contributed by atoms with Crippen LogP contribution in [0.4, 0.5) is 0 Å². The summed E-state index contributed by atoms with van der Waals surface area (Å²) in [6, 6.07) is 22.7. The third kappa shape index (κ3) is 7.40. The number of aliphatic hydroxyl groups is 1. The molecule has 51 heavy (non-hydrogen) atoms. The maximum Gasteiger partial charge on any atom is 0.261 e. The SMILES string of the molecule is C[C@@H]1[C@H](CN2[C@@H](C(=O)NC(C)(C)C)CC[C@H]3CCCC[C@H]32)O[C@H](c2ccc(CN3C(=O)c4ccccc4C3=O)cc2)O[C@@H]1c1ccc(CO)cc1. The molecule has 270 valence electrons. The lowest BCUT2D eigenvalue weighted by Gasteiger charge is -2.51. The molecule has 2 saturated heterocycles. The van der Waals surface area contributed by atoms with Crippen LogP contribution >= 0.6 is 0 Å². The number of hydrogen-bond acceptors (Lipinski definition) is 7. The van der Waals surface area contributed by atoms with Crippen LogP contribution in [0.1, 0.15) is 122 Å². The molecule has 0 radical (unpaired) electrons. The van der Waals surface area contributed by atoms with Gasteiger partial charge in [0.2, 0.25) is 5.91 Å². The van der Waals surface area contributed by atoms with Crippen molar-refractivity contribution in [3.05, 3.63) is 106 Å². The van der Waals surface area contributed by atoms with E-state index in [2.05, 4.69) is 17.1 Å². The molecule has 9 nitrogen and oxygen atoms in total. The van der Waals surface area contributed by atoms with Crippen molar-refractivity contribution in [3.63, 3.8) is 0 Å². The Kier molecular flexibility index (Phi) is 10.2. The largest absolute Gasteiger partial charge is 0.392 e. The maximum atomic E-state index is 13.8. The summed E-state index contributed by atoms with van der Waals surface area (Å²) >= 11 is 0. The van der Waals surface area contributed by atoms with Gasteiger partial charge in [-0.25, -0.2) is 0 Å². The van der Waals surface area contributed by atoms with E-state index < -0.39 is 6.29 Å². The number of likely N-dealkylation sites (tertiary alicyclic amines) is 1. The molecule has 7 atom stereocenters. The van der Waals surface area contributed by atoms with Crippen molar-refractivity contribution < 1.29 is 29.0 Å². The zero-order valence-electron chi connectivity index (χ0n) is 30.2. The summed E-state index contributed by atoms with van der Waals surface area (Å²) in [5.74, 6) is 0.0907. The number of ether oxygens (including phenoxy) is 2. The summed E-state index contributed by atoms with van der Waals surface area (Å²) in [7, 11) is 0. The normalized spacial score (nSPS) is 28.3. The number of fused-ring (bicyclic) bond motifs is 2. The molecule has 1 saturated carbocycles. The third-order valence-corrected chi connectivity index (χ3v) is 11.3. The highest BCUT2D eigenvalue weighted by Gasteiger charge is 2.46. The lowest BCUT2D eigenvalue weighted by Crippen LogP contribution is -2.61. The van der Waals surface area contributed by atoms with E-state index >= 15 is 0 Å². The standard InChI is InChI=1S/C42H51N3O6/c1-26-36(24-44-34-12-8-5-9-29(34)21-22-35(44)38(47)43-42(2,3)4)50-41(51-37(26)30-17-15-28(25-46)16-18-30)31-19-13-27(14-20-31)23-45-39(48)32-10-6-7-11-33(32)40(45)49/h6-7,10-11,13-20,26,29,34-37,41,46H,5,8-9,12,21-25H2,1-4H3,(H,43,47)/t26-,29-,34-,35-,36+,37+,41+/m1/s1. The number of rotatable bonds is 8. The monoisotopic (exact) mass is 693 g/mol. The van der Waals surface area contributed by atoms with Crippen molar-refractivity contribution in [2.24, 2.45) is 11.8 Å². The Hall–Kier alpha value is -3.89. The molecule has 3 aromatic rings. The van der Waals surface area contributed by atoms with Gasteiger partial charge in [-0.3, -0.25) is 24.2 Å². The van der Waals surface area contributed by atoms with Gasteiger partial charge in [0, 0.05) is 29.6 Å². The predicted molar refractivity (Wildman–Crippen MR) is 193 cm³/mol. The summed E-state index contributed by atoms with van der Waals surface area (Å²) in [6.07, 6.45) is 5.44. The van der Waals surface area contributed by atoms with Crippen LogP contribution in [0.15, 0.2) is 72.8 Å². The molecule has 3 fully saturated rings. The van der Waals surface area contributed by atoms with Gasteiger partial charge in [0.05, 0.1) is 42.5 Å². The maximum absolute atomic E-state index is 13.8. The molecule has 4 aliphatic rings. The Morgan fingerprint density at radius 1 is 0.824 bits per heavy atom. The number of amides is 3. The van der Waals surface area contributed by atoms with Crippen LogP contribution < -0.4 is 5.32 Å². The lowest BCUT2D eigenvalue weighted by atomic mass is 9.75. The molecular formula is C42H51N3O6. The molecule has 0 bridgehead atoms. The van der Waals surface area contributed by atoms with Gasteiger partial charge in [-0.1, -0.05) is 80.4 Å². The number of aliphatic hydroxyl groups excluding tert-OH is 1. The zero-order valence-corrected chi connectivity index (χ0v) is 30.2. The van der Waals surface area contributed by atoms with E-state index in [1.165, 1.54) is 24.2 Å². The molecule has 2 N–H and O–H groups in total. The highest BCUT2D eigenvalue weighted by molar-refractivity contribution is 6.21. The average Bonchev–Trinajstić information content (AvgIpc) is 3.37. The minimum atomic E-state index is -0.670. The topological polar surface area (TPSA) is 108 Å². The summed E-state index contributed by atoms with van der Waals surface area (Å²) in [6.45, 7) is 9.04. The van der Waals surface area contributed by atoms with Gasteiger partial charge in [-0.05, 0) is 81.2 Å². The second kappa shape index (κ2) is 14.6. The van der Waals surface area contributed by atoms with E-state index in [4.69, 9.17) is 9.47 Å². The Labute approximate surface area is 301 Å². The Bertz CT molecular complexity index is 1700. The smallest absolute Gasteiger partial charge is 0.261 e. The van der Waals surface area contributed by atoms with Gasteiger partial charge in [-0.2, -0.15) is 0 Å². The van der Waals surface area contributed by atoms with Gasteiger partial charge >= 0.3 is 0 Å². The first kappa shape index (κ1) is 35.5. The van der Waals surface area contributed by atoms with Gasteiger partial charge in [-0.15, -0.1) is 0 Å². The first-order valence-corrected chi connectivity index (χ1v) is 18.6. The molecule has 3 aliphatic heterocycles. The van der Waals surface area contributed by atoms with Gasteiger partial charge in [0.1, 0.15) is 0 Å². The zero-order chi connectivity index (χ0) is 35.9. The Morgan fingerprint density at radius 2 is 1.45 bits per heavy atom. The van der Waals surface area contributed by atoms with Crippen LogP contribution in [0.2, 0.25) is 0 Å². The molecule has 0 spiro atoms. The molecule has 3 heterocycles. The van der Waals surface area contributed by atoms with E-state index in [0.717, 1.165) is 41.5 Å². The Morgan fingerprint density at radius 3 is 2.10 bits per heavy atom. The van der Waals surface area contributed by atoms with Crippen molar-refractivity contribution in [3.8, 4) is 0 Å². The number of nitrogens with one attached hydrogen (secondary N) is 1. The van der Waals surface area contributed by atoms with Crippen molar-refractivity contribution >= 4 is 17.7 Å². The minimum Gasteiger partial charge on any atom is -0.392 e. The number of carbonyl (C=O) groups excluding carboxylic acids is 3. The number of nitrogens with zero attached hydrogens (tertiary/aromatic N) is 2. The highest BCUT2D eigenvalue weighted by atomic mass is 16.7. The van der Waals surface area contributed by atoms with Gasteiger partial charge < -0.3 is 19.9 Å². The molecule has 3 amide bonds. The van der Waals surface area contributed by atoms with Crippen LogP contribution in [-0.4, -0.2) is 62.9 Å². The van der Waals surface area contributed by atoms with E-state index in [0.29, 0.717) is 29.6 Å². The average molecular weight is 694 g/mol. The molecule has 7 rings (SSSR count). The number of imide groups is 1. The fourth-order valence-corrected chi connectivity index (χ4v) is 8.61. The lowest BCUT2D eigenvalue weighted by molar-refractivity contribution is -0.278. The summed E-state index contributed by atoms with van der Waals surface area (Å²) < 4.78 is 13.6. The number of benzene rings is 3. The number of carbonyl (C=O) groups is 3. The molecule has 0 unspecified atom stereocenters. The molecular weight excluding hydrogens is 642 g/mol. The highest BCUT2D eigenvalue weighted by Crippen LogP contribution is 2.44. The minimum absolute atomic E-state index is 0.0235. The quantitative estimate of drug-likeness (QED) is 0.253. The van der Waals surface area contributed by atoms with Crippen molar-refractivity contribution in [2.45, 2.75) is 115 Å². The van der Waals surface area contributed by atoms with Crippen LogP contribution in [0.25, 0.3) is 0 Å². The van der Waals surface area contributed by atoms with Crippen molar-refractivity contribution in [2.75, 3.05) is 6.54 Å². The van der Waals surface area contributed by atoms with Crippen molar-refractivity contribution in [1.29, 1.82) is 0 Å². The van der Waals surface area contributed by atoms with E-state index in [-0.39, 0.29) is 60.6 Å². The predicted octanol–water partition coefficient (Wildman–Crippen LogP) is 6.70. The van der Waals surface area contributed by atoms with Crippen LogP contribution in [0, 0.1) is 11.8 Å². The summed E-state index contributed by atoms with van der Waals surface area (Å²) in [5.41, 5.74) is 4.07. The first-order chi connectivity index (χ1) is 24.5. The second-order valence-corrected chi connectivity index (χ2v) is 15.9. The van der Waals surface area contributed by atoms with Crippen LogP contribution in [-0.2, 0) is 27.4 Å². The van der Waals surface area contributed by atoms with Crippen LogP contribution in [0.5, 0.6) is 0 Å². The fraction of sp³-hybridized carbons (Fsp3) is 0.500. The van der Waals surface area contributed by atoms with Crippen molar-refractivity contribution in [1.82, 2.24) is 15.1 Å². The van der Waals surface area contributed by atoms with E-state index in [1.54, 1.807) is 24.3 Å². The first-order valence-electron chi connectivity index (χ1n) is 18.6. The summed E-state index contributed by atoms with van der Waals surface area (Å²) in [5, 5.41) is 13.0. The molecule has 3 aromatic carbocycles. The number of piperidine rings is 1. The summed E-state index contributed by atoms with van der Waals surface area (Å²) in [4.78, 5) is 43.6. The molecule has 0 aromatic heterocycles. The van der Waals surface area contributed by atoms with E-state index in [9.17, 15) is 19.5 Å². The van der Waals surface area contributed by atoms with Gasteiger partial charge in [0.15, 0.2) is 6.29 Å². The van der Waals surface area contributed by atoms with Gasteiger partial charge in [0.25, 0.3) is 11.8 Å². The number of hydrogen-bond donors (Lipinski definition) is 2. The second-order valence-electron chi connectivity index (χ2n) is 15.9. The molecule has 9 heteroatoms. The third-order valence-electron chi connectivity index (χ3n) is 11.3. The fourth-order valence-electron chi connectivity index (χ4n) is 8.61. The van der Waals surface area contributed by atoms with Crippen LogP contribution in [0.3, 0.4) is 0 Å². The van der Waals surface area contributed by atoms with E-state index in [1.807, 2.05) is 69.3 Å².